The molecule has 0 saturated carbocycles. The molecule has 122 heavy (non-hydrogen) atoms. The van der Waals surface area contributed by atoms with E-state index in [9.17, 15) is 38.4 Å². The Kier molecular flexibility index (Phi) is 28.0. The molecule has 27 nitrogen and oxygen atoms in total. The molecule has 3 aliphatic heterocycles. The van der Waals surface area contributed by atoms with Crippen molar-refractivity contribution in [3.8, 4) is 0 Å². The molecule has 618 valence electrons. The number of carbonyl (C=O) groups is 11. The Labute approximate surface area is 697 Å². The zero-order valence-corrected chi connectivity index (χ0v) is 64.6. The Balaban J connectivity index is 0.916. The van der Waals surface area contributed by atoms with Crippen LogP contribution >= 0.6 is 0 Å². The molecule has 0 N–H and O–H groups in total. The summed E-state index contributed by atoms with van der Waals surface area (Å²) in [5.74, 6) is -11.7. The summed E-state index contributed by atoms with van der Waals surface area (Å²) in [6, 6.07) is 83.0. The Morgan fingerprint density at radius 2 is 0.328 bits per heavy atom. The van der Waals surface area contributed by atoms with Crippen LogP contribution in [0.15, 0.2) is 334 Å². The monoisotopic (exact) mass is 1650 g/mol. The number of hydrogen-bond acceptors (Lipinski definition) is 27. The van der Waals surface area contributed by atoms with Gasteiger partial charge < -0.3 is 75.8 Å². The van der Waals surface area contributed by atoms with E-state index in [0.717, 1.165) is 0 Å². The Hall–Kier alpha value is -14.6. The lowest BCUT2D eigenvalue weighted by Gasteiger charge is -2.47. The highest BCUT2D eigenvalue weighted by molar-refractivity contribution is 5.95. The van der Waals surface area contributed by atoms with Gasteiger partial charge in [-0.3, -0.25) is 0 Å². The van der Waals surface area contributed by atoms with Crippen molar-refractivity contribution in [1.29, 1.82) is 0 Å². The largest absolute Gasteiger partial charge is 0.459 e. The fourth-order valence-electron chi connectivity index (χ4n) is 13.4. The van der Waals surface area contributed by atoms with Gasteiger partial charge in [-0.1, -0.05) is 200 Å². The first-order valence-corrected chi connectivity index (χ1v) is 38.6. The second-order valence-electron chi connectivity index (χ2n) is 27.7. The van der Waals surface area contributed by atoms with Crippen molar-refractivity contribution in [1.82, 2.24) is 0 Å². The molecular weight excluding hydrogens is 1570 g/mol. The molecule has 0 aromatic heterocycles. The summed E-state index contributed by atoms with van der Waals surface area (Å²) in [4.78, 5) is 163. The minimum Gasteiger partial charge on any atom is -0.459 e. The van der Waals surface area contributed by atoms with Crippen LogP contribution in [-0.4, -0.2) is 178 Å². The number of benzene rings is 11. The first-order chi connectivity index (χ1) is 59.6. The maximum atomic E-state index is 15.2. The molecular formula is C95H76O27. The molecule has 0 amide bonds. The molecule has 15 atom stereocenters. The van der Waals surface area contributed by atoms with Gasteiger partial charge in [0.25, 0.3) is 0 Å². The van der Waals surface area contributed by atoms with Crippen molar-refractivity contribution in [3.05, 3.63) is 395 Å². The van der Waals surface area contributed by atoms with E-state index < -0.39 is 178 Å². The molecule has 3 fully saturated rings. The third-order valence-electron chi connectivity index (χ3n) is 19.5. The maximum absolute atomic E-state index is 15.2. The number of hydrogen-bond donors (Lipinski definition) is 0. The Morgan fingerprint density at radius 1 is 0.172 bits per heavy atom. The van der Waals surface area contributed by atoms with Gasteiger partial charge in [0.1, 0.15) is 24.9 Å². The fraction of sp³-hybridized carbons (Fsp3) is 0.189. The molecule has 0 spiro atoms. The molecule has 27 heteroatoms. The Bertz CT molecular complexity index is 5380. The van der Waals surface area contributed by atoms with Crippen LogP contribution in [-0.2, 0) is 75.8 Å². The van der Waals surface area contributed by atoms with Crippen molar-refractivity contribution in [2.45, 2.75) is 92.1 Å². The summed E-state index contributed by atoms with van der Waals surface area (Å²) >= 11 is 0. The van der Waals surface area contributed by atoms with E-state index in [1.807, 2.05) is 0 Å². The number of rotatable bonds is 29. The molecule has 3 heterocycles. The van der Waals surface area contributed by atoms with Gasteiger partial charge in [-0.25, -0.2) is 52.7 Å². The zero-order chi connectivity index (χ0) is 84.7. The van der Waals surface area contributed by atoms with Crippen molar-refractivity contribution >= 4 is 65.7 Å². The summed E-state index contributed by atoms with van der Waals surface area (Å²) in [7, 11) is 0. The fourth-order valence-corrected chi connectivity index (χ4v) is 13.4. The van der Waals surface area contributed by atoms with Crippen LogP contribution in [0.25, 0.3) is 0 Å². The van der Waals surface area contributed by atoms with E-state index in [-0.39, 0.29) is 61.2 Å². The lowest BCUT2D eigenvalue weighted by Crippen LogP contribution is -2.66. The highest BCUT2D eigenvalue weighted by Gasteiger charge is 2.59. The van der Waals surface area contributed by atoms with Gasteiger partial charge in [-0.15, -0.1) is 0 Å². The van der Waals surface area contributed by atoms with Crippen molar-refractivity contribution in [2.24, 2.45) is 0 Å². The summed E-state index contributed by atoms with van der Waals surface area (Å²) in [6.45, 7) is -2.88. The van der Waals surface area contributed by atoms with Gasteiger partial charge in [0.2, 0.25) is 12.4 Å². The van der Waals surface area contributed by atoms with Crippen LogP contribution in [0.4, 0.5) is 0 Å². The molecule has 11 aromatic carbocycles. The topological polar surface area (TPSA) is 335 Å². The molecule has 3 aliphatic rings. The van der Waals surface area contributed by atoms with Gasteiger partial charge in [-0.05, 0) is 133 Å². The van der Waals surface area contributed by atoms with E-state index >= 15 is 14.4 Å². The molecule has 11 aromatic rings. The summed E-state index contributed by atoms with van der Waals surface area (Å²) in [5.41, 5.74) is -0.569. The van der Waals surface area contributed by atoms with Crippen LogP contribution in [0.5, 0.6) is 0 Å². The molecule has 0 aliphatic carbocycles. The molecule has 0 bridgehead atoms. The average Bonchev–Trinajstić information content (AvgIpc) is 0.770. The number of ether oxygens (including phenoxy) is 16. The van der Waals surface area contributed by atoms with Gasteiger partial charge in [0.15, 0.2) is 61.4 Å². The zero-order valence-electron chi connectivity index (χ0n) is 64.6. The van der Waals surface area contributed by atoms with Crippen molar-refractivity contribution < 1.29 is 129 Å². The van der Waals surface area contributed by atoms with E-state index in [1.54, 1.807) is 127 Å². The summed E-state index contributed by atoms with van der Waals surface area (Å²) in [6.07, 6.45) is -30.6. The highest BCUT2D eigenvalue weighted by Crippen LogP contribution is 2.38. The minimum atomic E-state index is -2.22. The smallest absolute Gasteiger partial charge is 0.340 e. The number of carbonyl (C=O) groups excluding carboxylic acids is 11. The molecule has 0 radical (unpaired) electrons. The van der Waals surface area contributed by atoms with E-state index in [0.29, 0.717) is 0 Å². The third kappa shape index (κ3) is 21.3. The molecule has 3 saturated heterocycles. The predicted octanol–water partition coefficient (Wildman–Crippen LogP) is 12.9. The normalized spacial score (nSPS) is 22.1. The quantitative estimate of drug-likeness (QED) is 0.0310. The van der Waals surface area contributed by atoms with Gasteiger partial charge >= 0.3 is 65.7 Å². The van der Waals surface area contributed by atoms with Gasteiger partial charge in [0.05, 0.1) is 74.4 Å². The SMILES string of the molecule is O=C(OCC1OC(OCC2OC(OCC3OC(OC(=O)c4ccccc4)C(OC(=O)c4ccccc4)C(OC(=O)c4ccccc4)C3OC(=O)c3ccccc3)C(OC(=O)c3ccccc3)C(OC(=O)c3ccccc3)C2OC(=O)c2ccccc2)C(OC(=O)c2ccccc2)C(OC(=O)c2ccccc2)C1OC(=O)c1ccccc1)c1ccccc1. The maximum Gasteiger partial charge on any atom is 0.340 e. The summed E-state index contributed by atoms with van der Waals surface area (Å²) in [5, 5.41) is 0. The predicted molar refractivity (Wildman–Crippen MR) is 427 cm³/mol. The van der Waals surface area contributed by atoms with Crippen LogP contribution in [0, 0.1) is 0 Å². The molecule has 15 unspecified atom stereocenters. The van der Waals surface area contributed by atoms with E-state index in [4.69, 9.17) is 75.8 Å². The summed E-state index contributed by atoms with van der Waals surface area (Å²) < 4.78 is 104. The molecule has 14 rings (SSSR count). The lowest BCUT2D eigenvalue weighted by molar-refractivity contribution is -0.337. The second-order valence-corrected chi connectivity index (χ2v) is 27.7. The minimum absolute atomic E-state index is 0.0145. The number of esters is 11. The first-order valence-electron chi connectivity index (χ1n) is 38.6. The highest BCUT2D eigenvalue weighted by atomic mass is 16.8. The average molecular weight is 1650 g/mol. The second kappa shape index (κ2) is 40.7. The standard InChI is InChI=1S/C95H76O27/c96-82(59-34-12-1-13-35-59)107-56-70-73(113-83(97)60-36-14-2-15-37-60)76(116-86(100)63-42-20-5-21-43-63)79(119-89(103)66-48-26-8-27-49-66)93(110-70)108-57-71-74(114-84(98)61-38-16-3-17-39-61)77(117-87(101)64-44-22-6-23-45-64)80(120-90(104)67-50-28-9-29-51-67)94(111-71)109-58-72-75(115-85(99)62-40-18-4-19-41-62)78(118-88(102)65-46-24-7-25-47-65)81(121-91(105)68-52-30-10-31-53-68)95(112-72)122-92(106)69-54-32-11-33-55-69/h1-55,70-81,93-95H,56-58H2. The van der Waals surface area contributed by atoms with Gasteiger partial charge in [-0.2, -0.15) is 0 Å². The first kappa shape index (κ1) is 83.9. The van der Waals surface area contributed by atoms with Crippen molar-refractivity contribution in [3.63, 3.8) is 0 Å². The van der Waals surface area contributed by atoms with Gasteiger partial charge in [0, 0.05) is 0 Å². The van der Waals surface area contributed by atoms with Crippen LogP contribution in [0.2, 0.25) is 0 Å². The van der Waals surface area contributed by atoms with Crippen LogP contribution in [0.3, 0.4) is 0 Å². The van der Waals surface area contributed by atoms with Crippen molar-refractivity contribution in [2.75, 3.05) is 19.8 Å². The third-order valence-corrected chi connectivity index (χ3v) is 19.5. The van der Waals surface area contributed by atoms with Crippen LogP contribution < -0.4 is 0 Å². The Morgan fingerprint density at radius 3 is 0.541 bits per heavy atom. The lowest BCUT2D eigenvalue weighted by atomic mass is 9.96. The van der Waals surface area contributed by atoms with E-state index in [1.165, 1.54) is 206 Å². The van der Waals surface area contributed by atoms with Crippen LogP contribution in [0.1, 0.15) is 114 Å². The van der Waals surface area contributed by atoms with E-state index in [2.05, 4.69) is 0 Å².